The summed E-state index contributed by atoms with van der Waals surface area (Å²) in [5.41, 5.74) is 0.734. The van der Waals surface area contributed by atoms with Gasteiger partial charge in [-0.05, 0) is 32.9 Å². The van der Waals surface area contributed by atoms with Crippen molar-refractivity contribution in [3.8, 4) is 11.5 Å². The molecule has 140 valence electrons. The number of nitrogens with one attached hydrogen (secondary N) is 2. The van der Waals surface area contributed by atoms with Crippen LogP contribution in [0.2, 0.25) is 0 Å². The Morgan fingerprint density at radius 1 is 1.24 bits per heavy atom. The molecule has 2 N–H and O–H groups in total. The average molecular weight is 350 g/mol. The Hall–Kier alpha value is -2.44. The molecule has 0 spiro atoms. The molecule has 0 radical (unpaired) electrons. The van der Waals surface area contributed by atoms with Crippen LogP contribution < -0.4 is 20.1 Å². The summed E-state index contributed by atoms with van der Waals surface area (Å²) in [6, 6.07) is 5.68. The Morgan fingerprint density at radius 3 is 2.44 bits per heavy atom. The molecule has 0 unspecified atom stereocenters. The standard InChI is InChI=1S/C18H30N4O3/c1-18(2,3)21-16(23)11-20-17(19-4)22(5)12-13-8-9-14(24-6)10-15(13)25-7/h8-10H,11-12H2,1-7H3,(H,19,20)(H,21,23). The maximum absolute atomic E-state index is 11.9. The van der Waals surface area contributed by atoms with Gasteiger partial charge in [-0.25, -0.2) is 0 Å². The summed E-state index contributed by atoms with van der Waals surface area (Å²) in [4.78, 5) is 18.1. The first kappa shape index (κ1) is 20.6. The smallest absolute Gasteiger partial charge is 0.239 e. The van der Waals surface area contributed by atoms with Gasteiger partial charge in [0.25, 0.3) is 0 Å². The summed E-state index contributed by atoms with van der Waals surface area (Å²) in [6.45, 7) is 6.58. The number of ether oxygens (including phenoxy) is 2. The van der Waals surface area contributed by atoms with E-state index in [4.69, 9.17) is 9.47 Å². The van der Waals surface area contributed by atoms with E-state index in [-0.39, 0.29) is 18.0 Å². The number of benzene rings is 1. The number of guanidine groups is 1. The number of nitrogens with zero attached hydrogens (tertiary/aromatic N) is 2. The molecule has 1 aromatic carbocycles. The number of methoxy groups -OCH3 is 2. The van der Waals surface area contributed by atoms with Crippen molar-refractivity contribution in [3.63, 3.8) is 0 Å². The molecule has 0 heterocycles. The highest BCUT2D eigenvalue weighted by atomic mass is 16.5. The first-order chi connectivity index (χ1) is 11.7. The van der Waals surface area contributed by atoms with Gasteiger partial charge >= 0.3 is 0 Å². The summed E-state index contributed by atoms with van der Waals surface area (Å²) in [6.07, 6.45) is 0. The molecule has 0 fully saturated rings. The molecular weight excluding hydrogens is 320 g/mol. The number of aliphatic imine (C=N–C) groups is 1. The Labute approximate surface area is 150 Å². The van der Waals surface area contributed by atoms with Gasteiger partial charge < -0.3 is 25.0 Å². The summed E-state index contributed by atoms with van der Waals surface area (Å²) in [5.74, 6) is 2.03. The van der Waals surface area contributed by atoms with Crippen LogP contribution >= 0.6 is 0 Å². The monoisotopic (exact) mass is 350 g/mol. The molecular formula is C18H30N4O3. The number of hydrogen-bond acceptors (Lipinski definition) is 4. The third kappa shape index (κ3) is 6.91. The molecule has 0 aromatic heterocycles. The van der Waals surface area contributed by atoms with Crippen LogP contribution in [0.5, 0.6) is 11.5 Å². The SMILES string of the molecule is CN=C(NCC(=O)NC(C)(C)C)N(C)Cc1ccc(OC)cc1OC. The van der Waals surface area contributed by atoms with Crippen molar-refractivity contribution in [1.82, 2.24) is 15.5 Å². The number of rotatable bonds is 6. The number of carbonyl (C=O) groups excluding carboxylic acids is 1. The number of carbonyl (C=O) groups is 1. The van der Waals surface area contributed by atoms with E-state index < -0.39 is 0 Å². The summed E-state index contributed by atoms with van der Waals surface area (Å²) in [7, 11) is 6.84. The topological polar surface area (TPSA) is 75.2 Å². The van der Waals surface area contributed by atoms with E-state index in [0.717, 1.165) is 17.1 Å². The fourth-order valence-corrected chi connectivity index (χ4v) is 2.32. The van der Waals surface area contributed by atoms with Crippen LogP contribution in [-0.2, 0) is 11.3 Å². The first-order valence-corrected chi connectivity index (χ1v) is 8.14. The lowest BCUT2D eigenvalue weighted by atomic mass is 10.1. The minimum Gasteiger partial charge on any atom is -0.497 e. The normalized spacial score (nSPS) is 11.7. The van der Waals surface area contributed by atoms with Crippen LogP contribution in [-0.4, -0.2) is 57.2 Å². The van der Waals surface area contributed by atoms with E-state index in [2.05, 4.69) is 15.6 Å². The average Bonchev–Trinajstić information content (AvgIpc) is 2.54. The highest BCUT2D eigenvalue weighted by molar-refractivity contribution is 5.86. The lowest BCUT2D eigenvalue weighted by Gasteiger charge is -2.24. The van der Waals surface area contributed by atoms with Crippen molar-refractivity contribution in [2.24, 2.45) is 4.99 Å². The predicted molar refractivity (Wildman–Crippen MR) is 100 cm³/mol. The van der Waals surface area contributed by atoms with Crippen LogP contribution in [0.3, 0.4) is 0 Å². The molecule has 0 saturated heterocycles. The van der Waals surface area contributed by atoms with Crippen molar-refractivity contribution in [3.05, 3.63) is 23.8 Å². The molecule has 0 aliphatic rings. The van der Waals surface area contributed by atoms with Gasteiger partial charge in [0.05, 0.1) is 20.8 Å². The van der Waals surface area contributed by atoms with Crippen LogP contribution in [0.15, 0.2) is 23.2 Å². The molecule has 0 saturated carbocycles. The van der Waals surface area contributed by atoms with Gasteiger partial charge in [-0.1, -0.05) is 0 Å². The largest absolute Gasteiger partial charge is 0.497 e. The third-order valence-corrected chi connectivity index (χ3v) is 3.40. The fourth-order valence-electron chi connectivity index (χ4n) is 2.32. The van der Waals surface area contributed by atoms with Gasteiger partial charge in [-0.2, -0.15) is 0 Å². The zero-order chi connectivity index (χ0) is 19.0. The van der Waals surface area contributed by atoms with Crippen molar-refractivity contribution in [1.29, 1.82) is 0 Å². The van der Waals surface area contributed by atoms with Crippen molar-refractivity contribution in [2.75, 3.05) is 34.9 Å². The van der Waals surface area contributed by atoms with Crippen molar-refractivity contribution < 1.29 is 14.3 Å². The van der Waals surface area contributed by atoms with Gasteiger partial charge in [0.1, 0.15) is 11.5 Å². The van der Waals surface area contributed by atoms with E-state index >= 15 is 0 Å². The minimum atomic E-state index is -0.259. The molecule has 0 bridgehead atoms. The molecule has 0 atom stereocenters. The van der Waals surface area contributed by atoms with Crippen LogP contribution in [0.1, 0.15) is 26.3 Å². The van der Waals surface area contributed by atoms with E-state index in [0.29, 0.717) is 12.5 Å². The lowest BCUT2D eigenvalue weighted by Crippen LogP contribution is -2.48. The minimum absolute atomic E-state index is 0.0796. The Kier molecular flexibility index (Phi) is 7.54. The second kappa shape index (κ2) is 9.15. The summed E-state index contributed by atoms with van der Waals surface area (Å²) < 4.78 is 10.6. The van der Waals surface area contributed by atoms with E-state index in [9.17, 15) is 4.79 Å². The second-order valence-electron chi connectivity index (χ2n) is 6.73. The molecule has 1 aromatic rings. The molecule has 7 nitrogen and oxygen atoms in total. The zero-order valence-electron chi connectivity index (χ0n) is 16.3. The van der Waals surface area contributed by atoms with Gasteiger partial charge in [-0.3, -0.25) is 9.79 Å². The maximum Gasteiger partial charge on any atom is 0.239 e. The lowest BCUT2D eigenvalue weighted by molar-refractivity contribution is -0.121. The summed E-state index contributed by atoms with van der Waals surface area (Å²) in [5, 5.41) is 5.98. The number of amides is 1. The molecule has 25 heavy (non-hydrogen) atoms. The van der Waals surface area contributed by atoms with Gasteiger partial charge in [0.15, 0.2) is 5.96 Å². The highest BCUT2D eigenvalue weighted by Gasteiger charge is 2.15. The molecule has 0 aliphatic heterocycles. The Balaban J connectivity index is 2.71. The molecule has 7 heteroatoms. The van der Waals surface area contributed by atoms with Crippen LogP contribution in [0.25, 0.3) is 0 Å². The van der Waals surface area contributed by atoms with E-state index in [1.807, 2.05) is 50.9 Å². The van der Waals surface area contributed by atoms with E-state index in [1.54, 1.807) is 21.3 Å². The number of hydrogen-bond donors (Lipinski definition) is 2. The van der Waals surface area contributed by atoms with Gasteiger partial charge in [0.2, 0.25) is 5.91 Å². The molecule has 1 rings (SSSR count). The quantitative estimate of drug-likeness (QED) is 0.602. The van der Waals surface area contributed by atoms with E-state index in [1.165, 1.54) is 0 Å². The van der Waals surface area contributed by atoms with Crippen LogP contribution in [0, 0.1) is 0 Å². The Morgan fingerprint density at radius 2 is 1.92 bits per heavy atom. The van der Waals surface area contributed by atoms with Crippen molar-refractivity contribution in [2.45, 2.75) is 32.9 Å². The highest BCUT2D eigenvalue weighted by Crippen LogP contribution is 2.25. The first-order valence-electron chi connectivity index (χ1n) is 8.14. The molecule has 0 aliphatic carbocycles. The Bertz CT molecular complexity index is 609. The van der Waals surface area contributed by atoms with Gasteiger partial charge in [-0.15, -0.1) is 0 Å². The fraction of sp³-hybridized carbons (Fsp3) is 0.556. The van der Waals surface area contributed by atoms with Gasteiger partial charge in [0, 0.05) is 37.8 Å². The second-order valence-corrected chi connectivity index (χ2v) is 6.73. The predicted octanol–water partition coefficient (Wildman–Crippen LogP) is 1.63. The third-order valence-electron chi connectivity index (χ3n) is 3.40. The molecule has 1 amide bonds. The van der Waals surface area contributed by atoms with Crippen molar-refractivity contribution >= 4 is 11.9 Å². The van der Waals surface area contributed by atoms with Crippen LogP contribution in [0.4, 0.5) is 0 Å². The maximum atomic E-state index is 11.9. The zero-order valence-corrected chi connectivity index (χ0v) is 16.3. The summed E-state index contributed by atoms with van der Waals surface area (Å²) >= 11 is 0.